The van der Waals surface area contributed by atoms with Crippen LogP contribution in [-0.2, 0) is 0 Å². The first kappa shape index (κ1) is 20.2. The minimum atomic E-state index is -0.0510. The fraction of sp³-hybridized carbons (Fsp3) is 0. The van der Waals surface area contributed by atoms with Crippen molar-refractivity contribution in [3.8, 4) is 0 Å². The third-order valence-corrected chi connectivity index (χ3v) is 5.00. The Morgan fingerprint density at radius 1 is 0.607 bits per heavy atom. The van der Waals surface area contributed by atoms with E-state index in [1.807, 2.05) is 48.5 Å². The van der Waals surface area contributed by atoms with Crippen molar-refractivity contribution in [2.24, 2.45) is 0 Å². The Balaban J connectivity index is 1.64. The summed E-state index contributed by atoms with van der Waals surface area (Å²) in [7, 11) is 0. The fourth-order valence-electron chi connectivity index (χ4n) is 2.54. The molecule has 0 aromatic heterocycles. The zero-order valence-corrected chi connectivity index (χ0v) is 18.0. The smallest absolute Gasteiger partial charge is 0.185 e. The minimum Gasteiger partial charge on any atom is -0.289 e. The molecule has 0 aliphatic heterocycles. The molecule has 0 saturated carbocycles. The van der Waals surface area contributed by atoms with Crippen molar-refractivity contribution in [2.45, 2.75) is 0 Å². The molecule has 3 aromatic rings. The second kappa shape index (κ2) is 9.58. The molecular weight excluding hydrogens is 480 g/mol. The van der Waals surface area contributed by atoms with Crippen LogP contribution in [0.15, 0.2) is 93.9 Å². The van der Waals surface area contributed by atoms with Crippen LogP contribution in [0.5, 0.6) is 0 Å². The summed E-state index contributed by atoms with van der Waals surface area (Å²) in [5.41, 5.74) is 3.10. The monoisotopic (exact) mass is 494 g/mol. The molecule has 0 radical (unpaired) electrons. The molecule has 4 heteroatoms. The Kier molecular flexibility index (Phi) is 6.90. The quantitative estimate of drug-likeness (QED) is 0.272. The molecule has 138 valence electrons. The van der Waals surface area contributed by atoms with Gasteiger partial charge in [-0.3, -0.25) is 9.59 Å². The van der Waals surface area contributed by atoms with Gasteiger partial charge in [-0.25, -0.2) is 0 Å². The van der Waals surface area contributed by atoms with E-state index in [-0.39, 0.29) is 11.6 Å². The molecule has 0 heterocycles. The molecule has 3 rings (SSSR count). The van der Waals surface area contributed by atoms with Gasteiger partial charge in [-0.05, 0) is 47.5 Å². The number of hydrogen-bond acceptors (Lipinski definition) is 2. The van der Waals surface area contributed by atoms with E-state index < -0.39 is 0 Å². The second-order valence-electron chi connectivity index (χ2n) is 6.08. The lowest BCUT2D eigenvalue weighted by molar-refractivity contribution is 0.103. The summed E-state index contributed by atoms with van der Waals surface area (Å²) in [5.74, 6) is -0.102. The number of ketones is 2. The van der Waals surface area contributed by atoms with Crippen LogP contribution in [0.1, 0.15) is 31.8 Å². The van der Waals surface area contributed by atoms with Gasteiger partial charge in [0, 0.05) is 20.1 Å². The summed E-state index contributed by atoms with van der Waals surface area (Å²) < 4.78 is 1.75. The topological polar surface area (TPSA) is 34.1 Å². The fourth-order valence-corrected chi connectivity index (χ4v) is 3.34. The minimum absolute atomic E-state index is 0.0510. The number of carbonyl (C=O) groups is 2. The van der Waals surface area contributed by atoms with Gasteiger partial charge in [-0.2, -0.15) is 0 Å². The number of allylic oxidation sites excluding steroid dienone is 2. The molecule has 0 N–H and O–H groups in total. The Morgan fingerprint density at radius 3 is 1.36 bits per heavy atom. The second-order valence-corrected chi connectivity index (χ2v) is 7.91. The van der Waals surface area contributed by atoms with Crippen LogP contribution < -0.4 is 0 Å². The van der Waals surface area contributed by atoms with Crippen molar-refractivity contribution in [1.29, 1.82) is 0 Å². The number of benzene rings is 3. The highest BCUT2D eigenvalue weighted by molar-refractivity contribution is 9.10. The van der Waals surface area contributed by atoms with Crippen molar-refractivity contribution in [3.63, 3.8) is 0 Å². The summed E-state index contributed by atoms with van der Waals surface area (Å²) in [6.45, 7) is 0. The first-order chi connectivity index (χ1) is 13.5. The molecule has 0 fully saturated rings. The van der Waals surface area contributed by atoms with Crippen LogP contribution in [0.3, 0.4) is 0 Å². The number of hydrogen-bond donors (Lipinski definition) is 0. The molecule has 0 amide bonds. The predicted octanol–water partition coefficient (Wildman–Crippen LogP) is 7.00. The molecular formula is C24H16Br2O2. The zero-order valence-electron chi connectivity index (χ0n) is 14.8. The maximum absolute atomic E-state index is 12.2. The molecule has 3 aromatic carbocycles. The van der Waals surface area contributed by atoms with E-state index in [1.165, 1.54) is 0 Å². The van der Waals surface area contributed by atoms with E-state index in [4.69, 9.17) is 0 Å². The Hall–Kier alpha value is -2.56. The molecule has 0 aliphatic carbocycles. The van der Waals surface area contributed by atoms with Crippen LogP contribution in [0, 0.1) is 0 Å². The van der Waals surface area contributed by atoms with Gasteiger partial charge in [0.1, 0.15) is 0 Å². The average Bonchev–Trinajstić information content (AvgIpc) is 2.71. The van der Waals surface area contributed by atoms with Gasteiger partial charge >= 0.3 is 0 Å². The van der Waals surface area contributed by atoms with E-state index in [2.05, 4.69) is 31.9 Å². The lowest BCUT2D eigenvalue weighted by Gasteiger charge is -1.99. The van der Waals surface area contributed by atoms with Gasteiger partial charge < -0.3 is 0 Å². The Labute approximate surface area is 180 Å². The van der Waals surface area contributed by atoms with Gasteiger partial charge in [-0.15, -0.1) is 0 Å². The summed E-state index contributed by atoms with van der Waals surface area (Å²) >= 11 is 6.74. The lowest BCUT2D eigenvalue weighted by Crippen LogP contribution is -1.93. The van der Waals surface area contributed by atoms with Gasteiger partial charge in [0.05, 0.1) is 0 Å². The number of carbonyl (C=O) groups excluding carboxylic acids is 2. The van der Waals surface area contributed by atoms with Crippen LogP contribution in [0.4, 0.5) is 0 Å². The highest BCUT2D eigenvalue weighted by Gasteiger charge is 2.03. The lowest BCUT2D eigenvalue weighted by atomic mass is 10.1. The normalized spacial score (nSPS) is 11.2. The maximum atomic E-state index is 12.2. The maximum Gasteiger partial charge on any atom is 0.185 e. The van der Waals surface area contributed by atoms with Crippen LogP contribution in [-0.4, -0.2) is 11.6 Å². The Bertz CT molecular complexity index is 977. The molecule has 28 heavy (non-hydrogen) atoms. The molecule has 0 spiro atoms. The van der Waals surface area contributed by atoms with Crippen LogP contribution >= 0.6 is 31.9 Å². The number of halogens is 2. The standard InChI is InChI=1S/C24H16Br2O2/c25-21-5-1-3-19(15-21)23(27)13-11-17-7-9-18(10-8-17)12-14-24(28)20-4-2-6-22(26)16-20/h1-16H/b13-11+,14-12+. The molecule has 0 unspecified atom stereocenters. The molecule has 0 bridgehead atoms. The zero-order chi connectivity index (χ0) is 19.9. The molecule has 2 nitrogen and oxygen atoms in total. The van der Waals surface area contributed by atoms with Crippen molar-refractivity contribution >= 4 is 55.6 Å². The van der Waals surface area contributed by atoms with E-state index in [1.54, 1.807) is 48.6 Å². The highest BCUT2D eigenvalue weighted by atomic mass is 79.9. The molecule has 0 saturated heterocycles. The van der Waals surface area contributed by atoms with E-state index in [0.29, 0.717) is 11.1 Å². The van der Waals surface area contributed by atoms with Crippen LogP contribution in [0.2, 0.25) is 0 Å². The highest BCUT2D eigenvalue weighted by Crippen LogP contribution is 2.15. The predicted molar refractivity (Wildman–Crippen MR) is 121 cm³/mol. The summed E-state index contributed by atoms with van der Waals surface area (Å²) in [6, 6.07) is 22.2. The van der Waals surface area contributed by atoms with E-state index >= 15 is 0 Å². The van der Waals surface area contributed by atoms with Crippen molar-refractivity contribution in [3.05, 3.63) is 116 Å². The third-order valence-electron chi connectivity index (χ3n) is 4.01. The first-order valence-electron chi connectivity index (χ1n) is 8.57. The average molecular weight is 496 g/mol. The van der Waals surface area contributed by atoms with Gasteiger partial charge in [0.15, 0.2) is 11.6 Å². The SMILES string of the molecule is O=C(/C=C/c1ccc(/C=C/C(=O)c2cccc(Br)c2)cc1)c1cccc(Br)c1. The van der Waals surface area contributed by atoms with Gasteiger partial charge in [0.25, 0.3) is 0 Å². The third kappa shape index (κ3) is 5.72. The van der Waals surface area contributed by atoms with E-state index in [0.717, 1.165) is 20.1 Å². The van der Waals surface area contributed by atoms with Gasteiger partial charge in [-0.1, -0.05) is 92.5 Å². The van der Waals surface area contributed by atoms with Crippen molar-refractivity contribution < 1.29 is 9.59 Å². The Morgan fingerprint density at radius 2 is 1.00 bits per heavy atom. The van der Waals surface area contributed by atoms with Crippen molar-refractivity contribution in [1.82, 2.24) is 0 Å². The van der Waals surface area contributed by atoms with E-state index in [9.17, 15) is 9.59 Å². The molecule has 0 aliphatic rings. The van der Waals surface area contributed by atoms with Crippen molar-refractivity contribution in [2.75, 3.05) is 0 Å². The summed E-state index contributed by atoms with van der Waals surface area (Å²) in [4.78, 5) is 24.4. The largest absolute Gasteiger partial charge is 0.289 e. The van der Waals surface area contributed by atoms with Crippen LogP contribution in [0.25, 0.3) is 12.2 Å². The number of rotatable bonds is 6. The first-order valence-corrected chi connectivity index (χ1v) is 10.2. The van der Waals surface area contributed by atoms with Gasteiger partial charge in [0.2, 0.25) is 0 Å². The summed E-state index contributed by atoms with van der Waals surface area (Å²) in [5, 5.41) is 0. The summed E-state index contributed by atoms with van der Waals surface area (Å²) in [6.07, 6.45) is 6.68. The molecule has 0 atom stereocenters.